The van der Waals surface area contributed by atoms with Gasteiger partial charge in [0.15, 0.2) is 0 Å². The van der Waals surface area contributed by atoms with Crippen LogP contribution in [0.25, 0.3) is 0 Å². The number of nitrogens with zero attached hydrogens (tertiary/aromatic N) is 1. The lowest BCUT2D eigenvalue weighted by molar-refractivity contribution is -0.117. The number of hydroxylamine groups is 2. The Hall–Kier alpha value is -0.130. The third kappa shape index (κ3) is 2.42. The van der Waals surface area contributed by atoms with E-state index in [0.29, 0.717) is 19.7 Å². The quantitative estimate of drug-likeness (QED) is 0.819. The molecule has 1 N–H and O–H groups in total. The van der Waals surface area contributed by atoms with E-state index < -0.39 is 0 Å². The molecule has 1 atom stereocenters. The SMILES string of the molecule is O[C@@H]1CON(Cc2csc(Cl)c2)C1. The summed E-state index contributed by atoms with van der Waals surface area (Å²) in [5.74, 6) is 0. The molecule has 1 aromatic heterocycles. The van der Waals surface area contributed by atoms with E-state index in [9.17, 15) is 5.11 Å². The third-order valence-corrected chi connectivity index (χ3v) is 2.98. The van der Waals surface area contributed by atoms with Crippen molar-refractivity contribution in [1.29, 1.82) is 0 Å². The van der Waals surface area contributed by atoms with E-state index in [1.807, 2.05) is 11.4 Å². The monoisotopic (exact) mass is 219 g/mol. The van der Waals surface area contributed by atoms with Crippen LogP contribution >= 0.6 is 22.9 Å². The van der Waals surface area contributed by atoms with Crippen LogP contribution in [0, 0.1) is 0 Å². The van der Waals surface area contributed by atoms with Gasteiger partial charge in [0.05, 0.1) is 30.1 Å². The van der Waals surface area contributed by atoms with Crippen molar-refractivity contribution < 1.29 is 9.94 Å². The summed E-state index contributed by atoms with van der Waals surface area (Å²) in [5, 5.41) is 12.9. The number of hydrogen-bond donors (Lipinski definition) is 1. The Bertz CT molecular complexity index is 291. The highest BCUT2D eigenvalue weighted by molar-refractivity contribution is 7.14. The molecule has 1 saturated heterocycles. The van der Waals surface area contributed by atoms with Crippen LogP contribution in [-0.4, -0.2) is 29.4 Å². The summed E-state index contributed by atoms with van der Waals surface area (Å²) in [4.78, 5) is 5.22. The minimum absolute atomic E-state index is 0.353. The summed E-state index contributed by atoms with van der Waals surface area (Å²) in [6.07, 6.45) is -0.353. The molecule has 0 aliphatic carbocycles. The van der Waals surface area contributed by atoms with Crippen molar-refractivity contribution in [1.82, 2.24) is 5.06 Å². The molecule has 3 nitrogen and oxygen atoms in total. The molecule has 0 saturated carbocycles. The molecule has 0 unspecified atom stereocenters. The molecule has 5 heteroatoms. The highest BCUT2D eigenvalue weighted by Gasteiger charge is 2.21. The summed E-state index contributed by atoms with van der Waals surface area (Å²) < 4.78 is 0.787. The number of aliphatic hydroxyl groups is 1. The van der Waals surface area contributed by atoms with Crippen LogP contribution in [0.2, 0.25) is 4.34 Å². The molecule has 2 heterocycles. The molecule has 0 spiro atoms. The molecular formula is C8H10ClNO2S. The van der Waals surface area contributed by atoms with Crippen molar-refractivity contribution in [2.75, 3.05) is 13.2 Å². The maximum atomic E-state index is 9.19. The number of halogens is 1. The van der Waals surface area contributed by atoms with Crippen LogP contribution in [0.1, 0.15) is 5.56 Å². The van der Waals surface area contributed by atoms with Crippen LogP contribution in [0.5, 0.6) is 0 Å². The van der Waals surface area contributed by atoms with Gasteiger partial charge in [0.1, 0.15) is 0 Å². The van der Waals surface area contributed by atoms with E-state index in [-0.39, 0.29) is 6.10 Å². The molecule has 13 heavy (non-hydrogen) atoms. The minimum atomic E-state index is -0.353. The Balaban J connectivity index is 1.91. The summed E-state index contributed by atoms with van der Waals surface area (Å²) >= 11 is 7.29. The maximum Gasteiger partial charge on any atom is 0.0958 e. The second kappa shape index (κ2) is 3.94. The molecular weight excluding hydrogens is 210 g/mol. The highest BCUT2D eigenvalue weighted by Crippen LogP contribution is 2.22. The molecule has 0 amide bonds. The Morgan fingerprint density at radius 3 is 3.15 bits per heavy atom. The lowest BCUT2D eigenvalue weighted by atomic mass is 10.3. The first-order valence-corrected chi connectivity index (χ1v) is 5.28. The topological polar surface area (TPSA) is 32.7 Å². The number of rotatable bonds is 2. The van der Waals surface area contributed by atoms with Gasteiger partial charge >= 0.3 is 0 Å². The van der Waals surface area contributed by atoms with Gasteiger partial charge in [-0.3, -0.25) is 4.84 Å². The van der Waals surface area contributed by atoms with Crippen molar-refractivity contribution in [3.63, 3.8) is 0 Å². The van der Waals surface area contributed by atoms with Gasteiger partial charge < -0.3 is 5.11 Å². The largest absolute Gasteiger partial charge is 0.389 e. The average Bonchev–Trinajstić information content (AvgIpc) is 2.62. The first-order valence-electron chi connectivity index (χ1n) is 4.03. The molecule has 0 bridgehead atoms. The van der Waals surface area contributed by atoms with Gasteiger partial charge in [-0.05, 0) is 17.0 Å². The van der Waals surface area contributed by atoms with Crippen LogP contribution in [0.3, 0.4) is 0 Å². The fourth-order valence-corrected chi connectivity index (χ4v) is 2.17. The number of β-amino-alcohol motifs (C(OH)–C–C–N with tert-alkyl or cyclic N) is 1. The third-order valence-electron chi connectivity index (χ3n) is 1.84. The molecule has 1 aromatic rings. The summed E-state index contributed by atoms with van der Waals surface area (Å²) in [6.45, 7) is 1.67. The predicted molar refractivity (Wildman–Crippen MR) is 51.7 cm³/mol. The normalized spacial score (nSPS) is 24.0. The molecule has 72 valence electrons. The van der Waals surface area contributed by atoms with Crippen LogP contribution < -0.4 is 0 Å². The first kappa shape index (κ1) is 9.43. The van der Waals surface area contributed by atoms with Crippen molar-refractivity contribution in [3.05, 3.63) is 21.3 Å². The highest BCUT2D eigenvalue weighted by atomic mass is 35.5. The standard InChI is InChI=1S/C8H10ClNO2S/c9-8-1-6(5-13-8)2-10-3-7(11)4-12-10/h1,5,7,11H,2-4H2/t7-/m0/s1. The van der Waals surface area contributed by atoms with Crippen molar-refractivity contribution in [3.8, 4) is 0 Å². The molecule has 0 radical (unpaired) electrons. The number of aliphatic hydroxyl groups excluding tert-OH is 1. The Labute approximate surface area is 85.5 Å². The Morgan fingerprint density at radius 2 is 2.62 bits per heavy atom. The van der Waals surface area contributed by atoms with E-state index in [4.69, 9.17) is 16.4 Å². The predicted octanol–water partition coefficient (Wildman–Crippen LogP) is 1.51. The fraction of sp³-hybridized carbons (Fsp3) is 0.500. The van der Waals surface area contributed by atoms with E-state index in [2.05, 4.69) is 0 Å². The molecule has 2 rings (SSSR count). The van der Waals surface area contributed by atoms with Crippen LogP contribution in [0.15, 0.2) is 11.4 Å². The van der Waals surface area contributed by atoms with E-state index >= 15 is 0 Å². The van der Waals surface area contributed by atoms with Gasteiger partial charge in [-0.1, -0.05) is 11.6 Å². The second-order valence-electron chi connectivity index (χ2n) is 3.03. The van der Waals surface area contributed by atoms with Gasteiger partial charge in [0.25, 0.3) is 0 Å². The summed E-state index contributed by atoms with van der Waals surface area (Å²) in [5.41, 5.74) is 1.13. The van der Waals surface area contributed by atoms with Gasteiger partial charge in [-0.25, -0.2) is 0 Å². The summed E-state index contributed by atoms with van der Waals surface area (Å²) in [7, 11) is 0. The van der Waals surface area contributed by atoms with E-state index in [0.717, 1.165) is 9.90 Å². The summed E-state index contributed by atoms with van der Waals surface area (Å²) in [6, 6.07) is 1.92. The van der Waals surface area contributed by atoms with Crippen LogP contribution in [0.4, 0.5) is 0 Å². The number of thiophene rings is 1. The van der Waals surface area contributed by atoms with Crippen molar-refractivity contribution >= 4 is 22.9 Å². The molecule has 0 aromatic carbocycles. The average molecular weight is 220 g/mol. The van der Waals surface area contributed by atoms with Gasteiger partial charge in [-0.15, -0.1) is 11.3 Å². The van der Waals surface area contributed by atoms with E-state index in [1.165, 1.54) is 11.3 Å². The maximum absolute atomic E-state index is 9.19. The lowest BCUT2D eigenvalue weighted by Crippen LogP contribution is -2.20. The van der Waals surface area contributed by atoms with Crippen molar-refractivity contribution in [2.24, 2.45) is 0 Å². The lowest BCUT2D eigenvalue weighted by Gasteiger charge is -2.11. The second-order valence-corrected chi connectivity index (χ2v) is 4.57. The molecule has 1 fully saturated rings. The van der Waals surface area contributed by atoms with Gasteiger partial charge in [0.2, 0.25) is 0 Å². The Morgan fingerprint density at radius 1 is 1.77 bits per heavy atom. The first-order chi connectivity index (χ1) is 6.24. The fourth-order valence-electron chi connectivity index (χ4n) is 1.27. The minimum Gasteiger partial charge on any atom is -0.389 e. The van der Waals surface area contributed by atoms with Crippen LogP contribution in [-0.2, 0) is 11.4 Å². The van der Waals surface area contributed by atoms with Gasteiger partial charge in [-0.2, -0.15) is 5.06 Å². The Kier molecular flexibility index (Phi) is 2.86. The van der Waals surface area contributed by atoms with Crippen molar-refractivity contribution in [2.45, 2.75) is 12.6 Å². The zero-order chi connectivity index (χ0) is 9.26. The number of hydrogen-bond acceptors (Lipinski definition) is 4. The zero-order valence-corrected chi connectivity index (χ0v) is 8.51. The smallest absolute Gasteiger partial charge is 0.0958 e. The molecule has 1 aliphatic heterocycles. The van der Waals surface area contributed by atoms with Gasteiger partial charge in [0, 0.05) is 0 Å². The molecule has 1 aliphatic rings. The van der Waals surface area contributed by atoms with E-state index in [1.54, 1.807) is 5.06 Å². The zero-order valence-electron chi connectivity index (χ0n) is 6.94.